The predicted molar refractivity (Wildman–Crippen MR) is 138 cm³/mol. The lowest BCUT2D eigenvalue weighted by Crippen LogP contribution is -2.31. The van der Waals surface area contributed by atoms with Gasteiger partial charge in [0.15, 0.2) is 12.4 Å². The van der Waals surface area contributed by atoms with Crippen molar-refractivity contribution in [3.63, 3.8) is 0 Å². The van der Waals surface area contributed by atoms with Crippen LogP contribution >= 0.6 is 15.9 Å². The molecule has 6 nitrogen and oxygen atoms in total. The van der Waals surface area contributed by atoms with E-state index in [1.807, 2.05) is 18.2 Å². The lowest BCUT2D eigenvalue weighted by Gasteiger charge is -2.28. The number of nitrogens with zero attached hydrogens (tertiary/aromatic N) is 1. The van der Waals surface area contributed by atoms with Gasteiger partial charge in [-0.3, -0.25) is 19.3 Å². The molecule has 1 heterocycles. The van der Waals surface area contributed by atoms with Crippen molar-refractivity contribution in [2.75, 3.05) is 11.5 Å². The first-order chi connectivity index (χ1) is 17.4. The highest BCUT2D eigenvalue weighted by atomic mass is 79.9. The molecule has 0 unspecified atom stereocenters. The summed E-state index contributed by atoms with van der Waals surface area (Å²) in [6, 6.07) is 23.1. The van der Waals surface area contributed by atoms with Crippen LogP contribution in [0.25, 0.3) is 0 Å². The van der Waals surface area contributed by atoms with Crippen molar-refractivity contribution in [1.82, 2.24) is 0 Å². The van der Waals surface area contributed by atoms with Crippen molar-refractivity contribution < 1.29 is 23.9 Å². The number of Topliss-reactive ketones (excluding diaryl/α,β-unsaturated/α-hetero) is 1. The summed E-state index contributed by atoms with van der Waals surface area (Å²) in [5, 5.41) is 0. The number of carbonyl (C=O) groups excluding carboxylic acids is 4. The number of fused-ring (bicyclic) bond motifs is 1. The van der Waals surface area contributed by atoms with Gasteiger partial charge in [-0.15, -0.1) is 0 Å². The first kappa shape index (κ1) is 24.1. The molecule has 5 rings (SSSR count). The molecule has 2 fully saturated rings. The van der Waals surface area contributed by atoms with Crippen molar-refractivity contribution in [2.24, 2.45) is 11.8 Å². The van der Waals surface area contributed by atoms with E-state index in [1.165, 1.54) is 16.5 Å². The molecule has 7 heteroatoms. The Morgan fingerprint density at radius 3 is 2.31 bits per heavy atom. The average molecular weight is 546 g/mol. The highest BCUT2D eigenvalue weighted by Crippen LogP contribution is 2.45. The second kappa shape index (κ2) is 10.2. The van der Waals surface area contributed by atoms with E-state index in [-0.39, 0.29) is 40.9 Å². The Kier molecular flexibility index (Phi) is 6.83. The molecule has 3 aromatic rings. The van der Waals surface area contributed by atoms with Crippen molar-refractivity contribution >= 4 is 45.2 Å². The number of ketones is 1. The van der Waals surface area contributed by atoms with E-state index in [9.17, 15) is 19.2 Å². The van der Waals surface area contributed by atoms with E-state index in [4.69, 9.17) is 4.74 Å². The zero-order chi connectivity index (χ0) is 25.2. The van der Waals surface area contributed by atoms with E-state index in [0.29, 0.717) is 24.1 Å². The largest absolute Gasteiger partial charge is 0.454 e. The number of hydrogen-bond acceptors (Lipinski definition) is 5. The SMILES string of the molecule is O=C(COC(=O)c1cccc(N2C(=O)[C@H]3CC[C@H](c4ccccc4)C[C@@H]3C2=O)c1)c1ccc(Br)cc1. The van der Waals surface area contributed by atoms with Gasteiger partial charge in [0.25, 0.3) is 0 Å². The van der Waals surface area contributed by atoms with Crippen LogP contribution < -0.4 is 4.90 Å². The van der Waals surface area contributed by atoms with Crippen molar-refractivity contribution in [1.29, 1.82) is 0 Å². The monoisotopic (exact) mass is 545 g/mol. The molecule has 2 aliphatic rings. The Morgan fingerprint density at radius 1 is 0.833 bits per heavy atom. The maximum absolute atomic E-state index is 13.3. The number of carbonyl (C=O) groups is 4. The Balaban J connectivity index is 1.28. The molecule has 36 heavy (non-hydrogen) atoms. The number of halogens is 1. The number of rotatable bonds is 6. The molecule has 3 aromatic carbocycles. The second-order valence-corrected chi connectivity index (χ2v) is 10.1. The summed E-state index contributed by atoms with van der Waals surface area (Å²) < 4.78 is 6.06. The third-order valence-corrected chi connectivity index (χ3v) is 7.57. The van der Waals surface area contributed by atoms with Crippen LogP contribution in [0.4, 0.5) is 5.69 Å². The molecule has 0 aromatic heterocycles. The first-order valence-electron chi connectivity index (χ1n) is 11.9. The quantitative estimate of drug-likeness (QED) is 0.230. The molecule has 1 aliphatic heterocycles. The van der Waals surface area contributed by atoms with Crippen LogP contribution in [-0.4, -0.2) is 30.2 Å². The number of amides is 2. The van der Waals surface area contributed by atoms with Crippen molar-refractivity contribution in [2.45, 2.75) is 25.2 Å². The molecular weight excluding hydrogens is 522 g/mol. The molecule has 0 bridgehead atoms. The van der Waals surface area contributed by atoms with Gasteiger partial charge in [0.2, 0.25) is 11.8 Å². The van der Waals surface area contributed by atoms with Gasteiger partial charge in [-0.05, 0) is 61.1 Å². The second-order valence-electron chi connectivity index (χ2n) is 9.20. The molecule has 0 radical (unpaired) electrons. The van der Waals surface area contributed by atoms with Crippen molar-refractivity contribution in [3.8, 4) is 0 Å². The van der Waals surface area contributed by atoms with Gasteiger partial charge in [0.05, 0.1) is 23.1 Å². The topological polar surface area (TPSA) is 80.8 Å². The van der Waals surface area contributed by atoms with Gasteiger partial charge in [-0.2, -0.15) is 0 Å². The van der Waals surface area contributed by atoms with Crippen LogP contribution in [0.3, 0.4) is 0 Å². The average Bonchev–Trinajstić information content (AvgIpc) is 3.17. The molecule has 0 spiro atoms. The Morgan fingerprint density at radius 2 is 1.56 bits per heavy atom. The van der Waals surface area contributed by atoms with Crippen LogP contribution in [0.15, 0.2) is 83.3 Å². The summed E-state index contributed by atoms with van der Waals surface area (Å²) in [5.74, 6) is -1.91. The van der Waals surface area contributed by atoms with Gasteiger partial charge in [0.1, 0.15) is 0 Å². The van der Waals surface area contributed by atoms with Crippen LogP contribution in [0.1, 0.15) is 51.5 Å². The molecule has 1 aliphatic carbocycles. The Hall–Kier alpha value is -3.58. The zero-order valence-corrected chi connectivity index (χ0v) is 21.0. The van der Waals surface area contributed by atoms with Crippen molar-refractivity contribution in [3.05, 3.63) is 100 Å². The van der Waals surface area contributed by atoms with Gasteiger partial charge in [-0.1, -0.05) is 64.5 Å². The highest BCUT2D eigenvalue weighted by molar-refractivity contribution is 9.10. The minimum atomic E-state index is -0.692. The normalized spacial score (nSPS) is 21.2. The first-order valence-corrected chi connectivity index (χ1v) is 12.7. The van der Waals surface area contributed by atoms with E-state index >= 15 is 0 Å². The number of anilines is 1. The van der Waals surface area contributed by atoms with E-state index < -0.39 is 12.6 Å². The third-order valence-electron chi connectivity index (χ3n) is 7.04. The summed E-state index contributed by atoms with van der Waals surface area (Å²) >= 11 is 3.32. The Labute approximate surface area is 217 Å². The number of ether oxygens (including phenoxy) is 1. The Bertz CT molecular complexity index is 1320. The summed E-state index contributed by atoms with van der Waals surface area (Å²) in [7, 11) is 0. The lowest BCUT2D eigenvalue weighted by atomic mass is 9.73. The number of hydrogen-bond donors (Lipinski definition) is 0. The molecule has 1 saturated carbocycles. The van der Waals surface area contributed by atoms with E-state index in [1.54, 1.807) is 42.5 Å². The molecular formula is C29H24BrNO5. The van der Waals surface area contributed by atoms with Gasteiger partial charge < -0.3 is 4.74 Å². The van der Waals surface area contributed by atoms with E-state index in [2.05, 4.69) is 28.1 Å². The molecule has 182 valence electrons. The third kappa shape index (κ3) is 4.75. The molecule has 3 atom stereocenters. The number of benzene rings is 3. The summed E-state index contributed by atoms with van der Waals surface area (Å²) in [6.07, 6.45) is 2.15. The van der Waals surface area contributed by atoms with Crippen LogP contribution in [0.5, 0.6) is 0 Å². The standard InChI is InChI=1S/C29H24BrNO5/c30-22-12-9-19(10-13-22)26(32)17-36-29(35)21-7-4-8-23(15-21)31-27(33)24-14-11-20(16-25(24)28(31)34)18-5-2-1-3-6-18/h1-10,12-13,15,20,24-25H,11,14,16-17H2/t20-,24-,25-/m0/s1. The maximum atomic E-state index is 13.3. The van der Waals surface area contributed by atoms with Crippen LogP contribution in [-0.2, 0) is 14.3 Å². The molecule has 1 saturated heterocycles. The van der Waals surface area contributed by atoms with Gasteiger partial charge in [-0.25, -0.2) is 4.79 Å². The predicted octanol–water partition coefficient (Wildman–Crippen LogP) is 5.56. The van der Waals surface area contributed by atoms with Gasteiger partial charge >= 0.3 is 5.97 Å². The smallest absolute Gasteiger partial charge is 0.338 e. The number of esters is 1. The lowest BCUT2D eigenvalue weighted by molar-refractivity contribution is -0.122. The highest BCUT2D eigenvalue weighted by Gasteiger charge is 2.50. The van der Waals surface area contributed by atoms with E-state index in [0.717, 1.165) is 10.9 Å². The fourth-order valence-corrected chi connectivity index (χ4v) is 5.43. The van der Waals surface area contributed by atoms with Gasteiger partial charge in [0, 0.05) is 10.0 Å². The fourth-order valence-electron chi connectivity index (χ4n) is 5.17. The summed E-state index contributed by atoms with van der Waals surface area (Å²) in [5.41, 5.74) is 2.15. The minimum absolute atomic E-state index is 0.175. The minimum Gasteiger partial charge on any atom is -0.454 e. The van der Waals surface area contributed by atoms with Crippen LogP contribution in [0, 0.1) is 11.8 Å². The fraction of sp³-hybridized carbons (Fsp3) is 0.241. The summed E-state index contributed by atoms with van der Waals surface area (Å²) in [4.78, 5) is 52.8. The molecule has 0 N–H and O–H groups in total. The number of imide groups is 1. The molecule has 2 amide bonds. The maximum Gasteiger partial charge on any atom is 0.338 e. The summed E-state index contributed by atoms with van der Waals surface area (Å²) in [6.45, 7) is -0.405. The van der Waals surface area contributed by atoms with Crippen LogP contribution in [0.2, 0.25) is 0 Å². The zero-order valence-electron chi connectivity index (χ0n) is 19.4.